The molecule has 0 bridgehead atoms. The summed E-state index contributed by atoms with van der Waals surface area (Å²) in [5.74, 6) is 3.07. The van der Waals surface area contributed by atoms with Gasteiger partial charge in [-0.2, -0.15) is 0 Å². The Kier molecular flexibility index (Phi) is 5.22. The van der Waals surface area contributed by atoms with Crippen molar-refractivity contribution >= 4 is 38.9 Å². The second kappa shape index (κ2) is 6.75. The molecule has 0 fully saturated rings. The van der Waals surface area contributed by atoms with Crippen LogP contribution in [0.1, 0.15) is 36.7 Å². The highest BCUT2D eigenvalue weighted by atomic mass is 79.9. The van der Waals surface area contributed by atoms with Gasteiger partial charge in [-0.05, 0) is 39.9 Å². The van der Waals surface area contributed by atoms with E-state index in [1.807, 2.05) is 7.05 Å². The van der Waals surface area contributed by atoms with Crippen LogP contribution in [0.4, 0.5) is 11.6 Å². The van der Waals surface area contributed by atoms with Crippen LogP contribution in [0, 0.1) is 6.92 Å². The summed E-state index contributed by atoms with van der Waals surface area (Å²) in [6.07, 6.45) is 0. The molecule has 6 heteroatoms. The van der Waals surface area contributed by atoms with Gasteiger partial charge in [-0.3, -0.25) is 0 Å². The van der Waals surface area contributed by atoms with E-state index in [9.17, 15) is 0 Å². The summed E-state index contributed by atoms with van der Waals surface area (Å²) in [6.45, 7) is 7.12. The second-order valence-corrected chi connectivity index (χ2v) is 7.69. The van der Waals surface area contributed by atoms with E-state index in [0.29, 0.717) is 5.92 Å². The molecule has 21 heavy (non-hydrogen) atoms. The summed E-state index contributed by atoms with van der Waals surface area (Å²) in [4.78, 5) is 11.5. The van der Waals surface area contributed by atoms with Crippen LogP contribution >= 0.6 is 27.3 Å². The molecule has 0 saturated carbocycles. The van der Waals surface area contributed by atoms with E-state index in [1.54, 1.807) is 11.3 Å². The lowest BCUT2D eigenvalue weighted by atomic mass is 10.2. The summed E-state index contributed by atoms with van der Waals surface area (Å²) in [5, 5.41) is 5.34. The Hall–Kier alpha value is -1.14. The van der Waals surface area contributed by atoms with Crippen molar-refractivity contribution in [2.24, 2.45) is 0 Å². The van der Waals surface area contributed by atoms with Gasteiger partial charge in [-0.15, -0.1) is 11.3 Å². The largest absolute Gasteiger partial charge is 0.373 e. The first-order valence-corrected chi connectivity index (χ1v) is 8.60. The maximum absolute atomic E-state index is 4.75. The van der Waals surface area contributed by atoms with Crippen molar-refractivity contribution in [1.29, 1.82) is 0 Å². The highest BCUT2D eigenvalue weighted by molar-refractivity contribution is 9.11. The molecule has 0 spiro atoms. The van der Waals surface area contributed by atoms with E-state index in [1.165, 1.54) is 5.56 Å². The predicted octanol–water partition coefficient (Wildman–Crippen LogP) is 4.41. The Bertz CT molecular complexity index is 624. The molecular weight excluding hydrogens is 348 g/mol. The fourth-order valence-corrected chi connectivity index (χ4v) is 3.37. The van der Waals surface area contributed by atoms with E-state index in [-0.39, 0.29) is 0 Å². The number of nitrogens with zero attached hydrogens (tertiary/aromatic N) is 3. The molecule has 0 unspecified atom stereocenters. The normalized spacial score (nSPS) is 11.0. The van der Waals surface area contributed by atoms with E-state index in [4.69, 9.17) is 4.98 Å². The van der Waals surface area contributed by atoms with Crippen molar-refractivity contribution < 1.29 is 0 Å². The molecule has 0 radical (unpaired) electrons. The second-order valence-electron chi connectivity index (χ2n) is 5.40. The third-order valence-electron chi connectivity index (χ3n) is 3.29. The summed E-state index contributed by atoms with van der Waals surface area (Å²) in [6, 6.07) is 2.15. The van der Waals surface area contributed by atoms with Crippen LogP contribution in [-0.4, -0.2) is 24.1 Å². The number of thiophene rings is 1. The number of nitrogens with one attached hydrogen (secondary N) is 1. The van der Waals surface area contributed by atoms with Crippen molar-refractivity contribution in [3.63, 3.8) is 0 Å². The molecule has 0 aromatic carbocycles. The minimum absolute atomic E-state index is 0.306. The first-order chi connectivity index (χ1) is 9.92. The topological polar surface area (TPSA) is 41.1 Å². The number of hydrogen-bond donors (Lipinski definition) is 1. The molecule has 2 aromatic heterocycles. The smallest absolute Gasteiger partial charge is 0.137 e. The molecule has 2 aromatic rings. The minimum atomic E-state index is 0.306. The van der Waals surface area contributed by atoms with Crippen LogP contribution in [-0.2, 0) is 6.54 Å². The summed E-state index contributed by atoms with van der Waals surface area (Å²) >= 11 is 5.22. The van der Waals surface area contributed by atoms with Crippen LogP contribution in [0.5, 0.6) is 0 Å². The fourth-order valence-electron chi connectivity index (χ4n) is 2.17. The number of aromatic nitrogens is 2. The van der Waals surface area contributed by atoms with Gasteiger partial charge >= 0.3 is 0 Å². The zero-order valence-electron chi connectivity index (χ0n) is 13.1. The first kappa shape index (κ1) is 16.2. The standard InChI is InChI=1S/C15H21BrN4S/c1-9(2)13-18-14(17-4)10(3)15(19-13)20(5)7-11-6-12(16)21-8-11/h6,8-9H,7H2,1-5H3,(H,17,18,19). The third kappa shape index (κ3) is 3.74. The van der Waals surface area contributed by atoms with Gasteiger partial charge in [-0.1, -0.05) is 13.8 Å². The van der Waals surface area contributed by atoms with Gasteiger partial charge < -0.3 is 10.2 Å². The Balaban J connectivity index is 2.34. The lowest BCUT2D eigenvalue weighted by Crippen LogP contribution is -2.20. The Morgan fingerprint density at radius 3 is 2.62 bits per heavy atom. The van der Waals surface area contributed by atoms with Gasteiger partial charge in [0.25, 0.3) is 0 Å². The zero-order chi connectivity index (χ0) is 15.6. The van der Waals surface area contributed by atoms with Crippen molar-refractivity contribution in [3.05, 3.63) is 32.2 Å². The van der Waals surface area contributed by atoms with E-state index in [0.717, 1.165) is 33.4 Å². The van der Waals surface area contributed by atoms with Crippen molar-refractivity contribution in [3.8, 4) is 0 Å². The molecule has 0 aliphatic carbocycles. The Morgan fingerprint density at radius 2 is 2.10 bits per heavy atom. The molecule has 4 nitrogen and oxygen atoms in total. The van der Waals surface area contributed by atoms with Crippen LogP contribution in [0.15, 0.2) is 15.2 Å². The molecule has 1 N–H and O–H groups in total. The average Bonchev–Trinajstić information content (AvgIpc) is 2.83. The van der Waals surface area contributed by atoms with Gasteiger partial charge in [0, 0.05) is 32.1 Å². The zero-order valence-corrected chi connectivity index (χ0v) is 15.5. The maximum Gasteiger partial charge on any atom is 0.137 e. The number of hydrogen-bond acceptors (Lipinski definition) is 5. The van der Waals surface area contributed by atoms with Gasteiger partial charge in [0.15, 0.2) is 0 Å². The number of anilines is 2. The van der Waals surface area contributed by atoms with Crippen LogP contribution in [0.25, 0.3) is 0 Å². The molecule has 0 saturated heterocycles. The highest BCUT2D eigenvalue weighted by Gasteiger charge is 2.16. The van der Waals surface area contributed by atoms with Crippen molar-refractivity contribution in [1.82, 2.24) is 9.97 Å². The Morgan fingerprint density at radius 1 is 1.38 bits per heavy atom. The highest BCUT2D eigenvalue weighted by Crippen LogP contribution is 2.27. The molecule has 0 aliphatic rings. The van der Waals surface area contributed by atoms with E-state index < -0.39 is 0 Å². The van der Waals surface area contributed by atoms with Crippen LogP contribution in [0.3, 0.4) is 0 Å². The number of halogens is 1. The third-order valence-corrected chi connectivity index (χ3v) is 4.85. The van der Waals surface area contributed by atoms with Crippen LogP contribution in [0.2, 0.25) is 0 Å². The monoisotopic (exact) mass is 368 g/mol. The molecule has 0 amide bonds. The van der Waals surface area contributed by atoms with Crippen molar-refractivity contribution in [2.75, 3.05) is 24.3 Å². The lowest BCUT2D eigenvalue weighted by molar-refractivity contribution is 0.760. The molecule has 114 valence electrons. The van der Waals surface area contributed by atoms with Gasteiger partial charge in [0.05, 0.1) is 3.79 Å². The molecule has 2 heterocycles. The minimum Gasteiger partial charge on any atom is -0.373 e. The first-order valence-electron chi connectivity index (χ1n) is 6.92. The van der Waals surface area contributed by atoms with Crippen LogP contribution < -0.4 is 10.2 Å². The van der Waals surface area contributed by atoms with E-state index >= 15 is 0 Å². The summed E-state index contributed by atoms with van der Waals surface area (Å²) < 4.78 is 1.16. The van der Waals surface area contributed by atoms with E-state index in [2.05, 4.69) is 70.4 Å². The van der Waals surface area contributed by atoms with Crippen molar-refractivity contribution in [2.45, 2.75) is 33.2 Å². The molecule has 2 rings (SSSR count). The average molecular weight is 369 g/mol. The summed E-state index contributed by atoms with van der Waals surface area (Å²) in [7, 11) is 3.98. The fraction of sp³-hybridized carbons (Fsp3) is 0.467. The predicted molar refractivity (Wildman–Crippen MR) is 94.5 cm³/mol. The molecular formula is C15H21BrN4S. The molecule has 0 aliphatic heterocycles. The quantitative estimate of drug-likeness (QED) is 0.848. The summed E-state index contributed by atoms with van der Waals surface area (Å²) in [5.41, 5.74) is 2.36. The lowest BCUT2D eigenvalue weighted by Gasteiger charge is -2.22. The van der Waals surface area contributed by atoms with Gasteiger partial charge in [0.2, 0.25) is 0 Å². The maximum atomic E-state index is 4.75. The Labute approximate surface area is 138 Å². The van der Waals surface area contributed by atoms with Gasteiger partial charge in [-0.25, -0.2) is 9.97 Å². The molecule has 0 atom stereocenters. The van der Waals surface area contributed by atoms with Gasteiger partial charge in [0.1, 0.15) is 17.5 Å². The SMILES string of the molecule is CNc1nc(C(C)C)nc(N(C)Cc2csc(Br)c2)c1C. The number of rotatable bonds is 5.